The molecule has 0 radical (unpaired) electrons. The second-order valence-electron chi connectivity index (χ2n) is 5.23. The fourth-order valence-electron chi connectivity index (χ4n) is 2.06. The minimum absolute atomic E-state index is 0.0999. The van der Waals surface area contributed by atoms with Gasteiger partial charge in [0.1, 0.15) is 17.5 Å². The van der Waals surface area contributed by atoms with E-state index in [2.05, 4.69) is 15.3 Å². The molecule has 1 atom stereocenters. The molecule has 26 heavy (non-hydrogen) atoms. The standard InChI is InChI=1S/C17H19N5O3S/c1-10(26-17-21-9-12(7-18)15(19)22-17)16(23)20-8-11-4-5-13(24-2)14(6-11)25-3/h4-6,9-10H,8H2,1-3H3,(H,20,23)(H2,19,21,22). The third kappa shape index (κ3) is 4.77. The van der Waals surface area contributed by atoms with Crippen molar-refractivity contribution in [2.24, 2.45) is 0 Å². The molecule has 0 fully saturated rings. The van der Waals surface area contributed by atoms with Crippen LogP contribution in [0.2, 0.25) is 0 Å². The number of ether oxygens (including phenoxy) is 2. The van der Waals surface area contributed by atoms with Crippen molar-refractivity contribution in [3.05, 3.63) is 35.5 Å². The number of aromatic nitrogens is 2. The Morgan fingerprint density at radius 3 is 2.73 bits per heavy atom. The van der Waals surface area contributed by atoms with Crippen LogP contribution >= 0.6 is 11.8 Å². The highest BCUT2D eigenvalue weighted by molar-refractivity contribution is 8.00. The number of nitriles is 1. The second-order valence-corrected chi connectivity index (χ2v) is 6.54. The van der Waals surface area contributed by atoms with E-state index in [9.17, 15) is 4.79 Å². The van der Waals surface area contributed by atoms with Crippen LogP contribution in [0.5, 0.6) is 11.5 Å². The van der Waals surface area contributed by atoms with E-state index in [0.29, 0.717) is 23.2 Å². The highest BCUT2D eigenvalue weighted by Gasteiger charge is 2.17. The number of hydrogen-bond donors (Lipinski definition) is 2. The number of carbonyl (C=O) groups is 1. The summed E-state index contributed by atoms with van der Waals surface area (Å²) in [5.74, 6) is 1.16. The Balaban J connectivity index is 1.95. The van der Waals surface area contributed by atoms with Crippen LogP contribution in [-0.2, 0) is 11.3 Å². The van der Waals surface area contributed by atoms with Gasteiger partial charge in [-0.1, -0.05) is 17.8 Å². The fourth-order valence-corrected chi connectivity index (χ4v) is 2.83. The Bertz CT molecular complexity index is 838. The number of hydrogen-bond acceptors (Lipinski definition) is 8. The van der Waals surface area contributed by atoms with Crippen LogP contribution < -0.4 is 20.5 Å². The van der Waals surface area contributed by atoms with E-state index in [1.165, 1.54) is 18.0 Å². The molecule has 0 saturated heterocycles. The van der Waals surface area contributed by atoms with Gasteiger partial charge in [-0.2, -0.15) is 5.26 Å². The van der Waals surface area contributed by atoms with E-state index in [1.807, 2.05) is 12.1 Å². The van der Waals surface area contributed by atoms with Gasteiger partial charge < -0.3 is 20.5 Å². The molecule has 0 aliphatic heterocycles. The average Bonchev–Trinajstić information content (AvgIpc) is 2.65. The predicted molar refractivity (Wildman–Crippen MR) is 97.9 cm³/mol. The molecule has 2 aromatic rings. The van der Waals surface area contributed by atoms with Crippen molar-refractivity contribution in [2.75, 3.05) is 20.0 Å². The Kier molecular flexibility index (Phi) is 6.63. The highest BCUT2D eigenvalue weighted by Crippen LogP contribution is 2.27. The number of carbonyl (C=O) groups excluding carboxylic acids is 1. The van der Waals surface area contributed by atoms with E-state index in [0.717, 1.165) is 5.56 Å². The molecule has 0 saturated carbocycles. The summed E-state index contributed by atoms with van der Waals surface area (Å²) in [4.78, 5) is 20.3. The maximum atomic E-state index is 12.3. The van der Waals surface area contributed by atoms with Gasteiger partial charge in [0.05, 0.1) is 25.7 Å². The van der Waals surface area contributed by atoms with Crippen LogP contribution in [0.15, 0.2) is 29.6 Å². The molecule has 1 aromatic heterocycles. The summed E-state index contributed by atoms with van der Waals surface area (Å²) in [5.41, 5.74) is 6.75. The van der Waals surface area contributed by atoms with Gasteiger partial charge in [-0.25, -0.2) is 9.97 Å². The lowest BCUT2D eigenvalue weighted by atomic mass is 10.2. The number of benzene rings is 1. The quantitative estimate of drug-likeness (QED) is 0.556. The van der Waals surface area contributed by atoms with Crippen LogP contribution in [0.1, 0.15) is 18.1 Å². The Hall–Kier alpha value is -2.99. The average molecular weight is 373 g/mol. The van der Waals surface area contributed by atoms with E-state index >= 15 is 0 Å². The lowest BCUT2D eigenvalue weighted by Gasteiger charge is -2.13. The Labute approximate surface area is 155 Å². The topological polar surface area (TPSA) is 123 Å². The van der Waals surface area contributed by atoms with Crippen LogP contribution in [0.4, 0.5) is 5.82 Å². The Morgan fingerprint density at radius 1 is 1.38 bits per heavy atom. The maximum absolute atomic E-state index is 12.3. The molecule has 0 aliphatic rings. The lowest BCUT2D eigenvalue weighted by molar-refractivity contribution is -0.120. The molecule has 0 spiro atoms. The molecule has 1 unspecified atom stereocenters. The number of nitrogens with one attached hydrogen (secondary N) is 1. The summed E-state index contributed by atoms with van der Waals surface area (Å²) in [6, 6.07) is 7.34. The largest absolute Gasteiger partial charge is 0.493 e. The third-order valence-corrected chi connectivity index (χ3v) is 4.46. The molecule has 2 rings (SSSR count). The molecule has 0 aliphatic carbocycles. The zero-order valence-electron chi connectivity index (χ0n) is 14.6. The minimum atomic E-state index is -0.428. The predicted octanol–water partition coefficient (Wildman–Crippen LogP) is 1.74. The van der Waals surface area contributed by atoms with Gasteiger partial charge in [0.25, 0.3) is 0 Å². The SMILES string of the molecule is COc1ccc(CNC(=O)C(C)Sc2ncc(C#N)c(N)n2)cc1OC. The van der Waals surface area contributed by atoms with Crippen molar-refractivity contribution < 1.29 is 14.3 Å². The maximum Gasteiger partial charge on any atom is 0.233 e. The number of amides is 1. The van der Waals surface area contributed by atoms with Crippen molar-refractivity contribution >= 4 is 23.5 Å². The molecular weight excluding hydrogens is 354 g/mol. The van der Waals surface area contributed by atoms with Gasteiger partial charge >= 0.3 is 0 Å². The first-order valence-corrected chi connectivity index (χ1v) is 8.54. The monoisotopic (exact) mass is 373 g/mol. The number of nitrogens with two attached hydrogens (primary N) is 1. The van der Waals surface area contributed by atoms with Crippen LogP contribution in [0.3, 0.4) is 0 Å². The molecule has 0 bridgehead atoms. The van der Waals surface area contributed by atoms with E-state index in [1.54, 1.807) is 33.3 Å². The minimum Gasteiger partial charge on any atom is -0.493 e. The summed E-state index contributed by atoms with van der Waals surface area (Å²) in [6.07, 6.45) is 1.35. The van der Waals surface area contributed by atoms with E-state index < -0.39 is 5.25 Å². The molecular formula is C17H19N5O3S. The Morgan fingerprint density at radius 2 is 2.12 bits per heavy atom. The molecule has 8 nitrogen and oxygen atoms in total. The molecule has 9 heteroatoms. The zero-order chi connectivity index (χ0) is 19.1. The first kappa shape index (κ1) is 19.3. The van der Waals surface area contributed by atoms with Gasteiger partial charge in [-0.05, 0) is 24.6 Å². The van der Waals surface area contributed by atoms with Crippen molar-refractivity contribution in [3.8, 4) is 17.6 Å². The number of methoxy groups -OCH3 is 2. The summed E-state index contributed by atoms with van der Waals surface area (Å²) < 4.78 is 10.4. The molecule has 1 heterocycles. The highest BCUT2D eigenvalue weighted by atomic mass is 32.2. The van der Waals surface area contributed by atoms with Gasteiger partial charge in [0.2, 0.25) is 5.91 Å². The zero-order valence-corrected chi connectivity index (χ0v) is 15.5. The van der Waals surface area contributed by atoms with E-state index in [-0.39, 0.29) is 17.3 Å². The molecule has 3 N–H and O–H groups in total. The van der Waals surface area contributed by atoms with Crippen LogP contribution in [0.25, 0.3) is 0 Å². The molecule has 136 valence electrons. The van der Waals surface area contributed by atoms with Crippen molar-refractivity contribution in [2.45, 2.75) is 23.9 Å². The number of thioether (sulfide) groups is 1. The van der Waals surface area contributed by atoms with Gasteiger partial charge in [-0.15, -0.1) is 0 Å². The number of nitrogens with zero attached hydrogens (tertiary/aromatic N) is 3. The summed E-state index contributed by atoms with van der Waals surface area (Å²) >= 11 is 1.17. The fraction of sp³-hybridized carbons (Fsp3) is 0.294. The van der Waals surface area contributed by atoms with Crippen molar-refractivity contribution in [1.29, 1.82) is 5.26 Å². The first-order chi connectivity index (χ1) is 12.5. The van der Waals surface area contributed by atoms with Crippen molar-refractivity contribution in [1.82, 2.24) is 15.3 Å². The lowest BCUT2D eigenvalue weighted by Crippen LogP contribution is -2.30. The number of nitrogen functional groups attached to an aromatic ring is 1. The smallest absolute Gasteiger partial charge is 0.233 e. The van der Waals surface area contributed by atoms with Crippen molar-refractivity contribution in [3.63, 3.8) is 0 Å². The van der Waals surface area contributed by atoms with Crippen LogP contribution in [0, 0.1) is 11.3 Å². The normalized spacial score (nSPS) is 11.3. The number of anilines is 1. The first-order valence-electron chi connectivity index (χ1n) is 7.66. The van der Waals surface area contributed by atoms with Gasteiger partial charge in [0, 0.05) is 6.54 Å². The van der Waals surface area contributed by atoms with Crippen LogP contribution in [-0.4, -0.2) is 35.3 Å². The third-order valence-electron chi connectivity index (χ3n) is 3.48. The van der Waals surface area contributed by atoms with Gasteiger partial charge in [0.15, 0.2) is 16.7 Å². The molecule has 1 amide bonds. The second kappa shape index (κ2) is 8.92. The van der Waals surface area contributed by atoms with E-state index in [4.69, 9.17) is 20.5 Å². The summed E-state index contributed by atoms with van der Waals surface area (Å²) in [6.45, 7) is 2.09. The summed E-state index contributed by atoms with van der Waals surface area (Å²) in [5, 5.41) is 11.6. The summed E-state index contributed by atoms with van der Waals surface area (Å²) in [7, 11) is 3.12. The molecule has 1 aromatic carbocycles. The van der Waals surface area contributed by atoms with Gasteiger partial charge in [-0.3, -0.25) is 4.79 Å². The number of rotatable bonds is 7.